The van der Waals surface area contributed by atoms with Gasteiger partial charge in [0.2, 0.25) is 0 Å². The van der Waals surface area contributed by atoms with Crippen LogP contribution in [0.3, 0.4) is 0 Å². The van der Waals surface area contributed by atoms with Crippen LogP contribution in [0.25, 0.3) is 0 Å². The van der Waals surface area contributed by atoms with E-state index in [1.807, 2.05) is 36.4 Å². The lowest BCUT2D eigenvalue weighted by molar-refractivity contribution is 0.0975. The second-order valence-electron chi connectivity index (χ2n) is 7.81. The molecule has 0 fully saturated rings. The number of ketones is 2. The Morgan fingerprint density at radius 2 is 1.50 bits per heavy atom. The van der Waals surface area contributed by atoms with Crippen molar-refractivity contribution in [3.63, 3.8) is 0 Å². The molecule has 0 unspecified atom stereocenters. The first-order valence-electron chi connectivity index (χ1n) is 10.2. The van der Waals surface area contributed by atoms with Gasteiger partial charge in [-0.3, -0.25) is 9.59 Å². The van der Waals surface area contributed by atoms with Gasteiger partial charge in [-0.2, -0.15) is 0 Å². The Hall–Kier alpha value is -3.24. The molecule has 0 spiro atoms. The van der Waals surface area contributed by atoms with E-state index in [0.717, 1.165) is 41.7 Å². The lowest BCUT2D eigenvalue weighted by Crippen LogP contribution is -2.23. The molecule has 5 rings (SSSR count). The van der Waals surface area contributed by atoms with Crippen LogP contribution < -0.4 is 4.74 Å². The van der Waals surface area contributed by atoms with Crippen molar-refractivity contribution in [2.45, 2.75) is 32.5 Å². The summed E-state index contributed by atoms with van der Waals surface area (Å²) in [6, 6.07) is 16.8. The molecule has 0 saturated carbocycles. The number of methoxy groups -OCH3 is 1. The highest BCUT2D eigenvalue weighted by Crippen LogP contribution is 2.37. The summed E-state index contributed by atoms with van der Waals surface area (Å²) in [5, 5.41) is 0. The standard InChI is InChI=1S/C26H22O4/c1-29-18-11-9-16(10-12-18)14-30-15-17-13-23-24(20-8-4-7-19(17)20)26(28)22-6-3-2-5-21(22)25(23)27/h2-3,5-6,9-13H,4,7-8,14-15H2,1H3. The molecule has 3 aromatic carbocycles. The summed E-state index contributed by atoms with van der Waals surface area (Å²) in [4.78, 5) is 26.3. The predicted octanol–water partition coefficient (Wildman–Crippen LogP) is 4.68. The minimum Gasteiger partial charge on any atom is -0.497 e. The molecule has 0 heterocycles. The Morgan fingerprint density at radius 1 is 0.800 bits per heavy atom. The van der Waals surface area contributed by atoms with E-state index >= 15 is 0 Å². The van der Waals surface area contributed by atoms with Crippen LogP contribution >= 0.6 is 0 Å². The number of rotatable bonds is 5. The number of carbonyl (C=O) groups is 2. The van der Waals surface area contributed by atoms with Gasteiger partial charge in [0.05, 0.1) is 20.3 Å². The number of benzene rings is 3. The molecule has 0 atom stereocenters. The largest absolute Gasteiger partial charge is 0.497 e. The highest BCUT2D eigenvalue weighted by atomic mass is 16.5. The minimum atomic E-state index is -0.0636. The molecule has 4 heteroatoms. The molecular formula is C26H22O4. The van der Waals surface area contributed by atoms with Crippen molar-refractivity contribution in [3.8, 4) is 5.75 Å². The van der Waals surface area contributed by atoms with Crippen LogP contribution in [0.15, 0.2) is 54.6 Å². The Balaban J connectivity index is 1.45. The van der Waals surface area contributed by atoms with Crippen LogP contribution in [-0.4, -0.2) is 18.7 Å². The molecule has 30 heavy (non-hydrogen) atoms. The van der Waals surface area contributed by atoms with E-state index in [2.05, 4.69) is 0 Å². The third-order valence-electron chi connectivity index (χ3n) is 6.07. The third-order valence-corrected chi connectivity index (χ3v) is 6.07. The van der Waals surface area contributed by atoms with Crippen molar-refractivity contribution in [2.75, 3.05) is 7.11 Å². The Kier molecular flexibility index (Phi) is 4.72. The summed E-state index contributed by atoms with van der Waals surface area (Å²) in [5.74, 6) is 0.727. The molecule has 0 radical (unpaired) electrons. The summed E-state index contributed by atoms with van der Waals surface area (Å²) >= 11 is 0. The van der Waals surface area contributed by atoms with E-state index in [1.165, 1.54) is 5.56 Å². The molecule has 0 N–H and O–H groups in total. The second kappa shape index (κ2) is 7.54. The first kappa shape index (κ1) is 18.8. The SMILES string of the molecule is COc1ccc(COCc2cc3c(c4c2CCC4)C(=O)c2ccccc2C3=O)cc1. The lowest BCUT2D eigenvalue weighted by atomic mass is 9.79. The summed E-state index contributed by atoms with van der Waals surface area (Å²) in [6.07, 6.45) is 2.76. The smallest absolute Gasteiger partial charge is 0.194 e. The monoisotopic (exact) mass is 398 g/mol. The van der Waals surface area contributed by atoms with Crippen LogP contribution in [0, 0.1) is 0 Å². The fraction of sp³-hybridized carbons (Fsp3) is 0.231. The van der Waals surface area contributed by atoms with Gasteiger partial charge in [0, 0.05) is 22.3 Å². The summed E-state index contributed by atoms with van der Waals surface area (Å²) in [6.45, 7) is 0.899. The van der Waals surface area contributed by atoms with E-state index < -0.39 is 0 Å². The molecule has 3 aromatic rings. The predicted molar refractivity (Wildman–Crippen MR) is 113 cm³/mol. The van der Waals surface area contributed by atoms with Crippen LogP contribution in [-0.2, 0) is 30.8 Å². The van der Waals surface area contributed by atoms with Crippen molar-refractivity contribution < 1.29 is 19.1 Å². The van der Waals surface area contributed by atoms with Crippen molar-refractivity contribution in [1.82, 2.24) is 0 Å². The molecule has 150 valence electrons. The maximum Gasteiger partial charge on any atom is 0.194 e. The molecule has 0 bridgehead atoms. The van der Waals surface area contributed by atoms with Gasteiger partial charge in [-0.15, -0.1) is 0 Å². The molecule has 0 aliphatic heterocycles. The number of carbonyl (C=O) groups excluding carboxylic acids is 2. The van der Waals surface area contributed by atoms with Crippen molar-refractivity contribution >= 4 is 11.6 Å². The first-order chi connectivity index (χ1) is 14.7. The zero-order valence-corrected chi connectivity index (χ0v) is 16.9. The van der Waals surface area contributed by atoms with Gasteiger partial charge in [-0.25, -0.2) is 0 Å². The van der Waals surface area contributed by atoms with Gasteiger partial charge >= 0.3 is 0 Å². The average molecular weight is 398 g/mol. The molecular weight excluding hydrogens is 376 g/mol. The quantitative estimate of drug-likeness (QED) is 0.490. The number of ether oxygens (including phenoxy) is 2. The first-order valence-corrected chi connectivity index (χ1v) is 10.2. The molecule has 0 saturated heterocycles. The maximum atomic E-state index is 13.2. The minimum absolute atomic E-state index is 0.0240. The fourth-order valence-corrected chi connectivity index (χ4v) is 4.60. The Labute approximate surface area is 175 Å². The van der Waals surface area contributed by atoms with Crippen LogP contribution in [0.4, 0.5) is 0 Å². The molecule has 2 aliphatic carbocycles. The van der Waals surface area contributed by atoms with E-state index in [0.29, 0.717) is 35.5 Å². The topological polar surface area (TPSA) is 52.6 Å². The van der Waals surface area contributed by atoms with Crippen LogP contribution in [0.2, 0.25) is 0 Å². The molecule has 0 amide bonds. The zero-order valence-electron chi connectivity index (χ0n) is 16.9. The van der Waals surface area contributed by atoms with Crippen molar-refractivity contribution in [2.24, 2.45) is 0 Å². The fourth-order valence-electron chi connectivity index (χ4n) is 4.60. The van der Waals surface area contributed by atoms with Gasteiger partial charge in [-0.05, 0) is 59.7 Å². The van der Waals surface area contributed by atoms with Crippen LogP contribution in [0.1, 0.15) is 60.5 Å². The highest BCUT2D eigenvalue weighted by molar-refractivity contribution is 6.29. The molecule has 0 aromatic heterocycles. The van der Waals surface area contributed by atoms with Crippen molar-refractivity contribution in [3.05, 3.63) is 99.1 Å². The normalized spacial score (nSPS) is 14.3. The van der Waals surface area contributed by atoms with Gasteiger partial charge in [0.1, 0.15) is 5.75 Å². The highest BCUT2D eigenvalue weighted by Gasteiger charge is 2.34. The Morgan fingerprint density at radius 3 is 2.23 bits per heavy atom. The van der Waals surface area contributed by atoms with Gasteiger partial charge in [-0.1, -0.05) is 36.4 Å². The maximum absolute atomic E-state index is 13.2. The summed E-state index contributed by atoms with van der Waals surface area (Å²) < 4.78 is 11.2. The number of fused-ring (bicyclic) bond motifs is 4. The lowest BCUT2D eigenvalue weighted by Gasteiger charge is -2.22. The number of hydrogen-bond donors (Lipinski definition) is 0. The van der Waals surface area contributed by atoms with Gasteiger partial charge in [0.15, 0.2) is 11.6 Å². The Bertz CT molecular complexity index is 1160. The average Bonchev–Trinajstić information content (AvgIpc) is 3.28. The van der Waals surface area contributed by atoms with Crippen molar-refractivity contribution in [1.29, 1.82) is 0 Å². The van der Waals surface area contributed by atoms with Crippen LogP contribution in [0.5, 0.6) is 5.75 Å². The zero-order chi connectivity index (χ0) is 20.7. The second-order valence-corrected chi connectivity index (χ2v) is 7.81. The van der Waals surface area contributed by atoms with Gasteiger partial charge < -0.3 is 9.47 Å². The van der Waals surface area contributed by atoms with Gasteiger partial charge in [0.25, 0.3) is 0 Å². The summed E-state index contributed by atoms with van der Waals surface area (Å²) in [7, 11) is 1.65. The summed E-state index contributed by atoms with van der Waals surface area (Å²) in [5.41, 5.74) is 6.48. The number of hydrogen-bond acceptors (Lipinski definition) is 4. The van der Waals surface area contributed by atoms with E-state index in [4.69, 9.17) is 9.47 Å². The molecule has 4 nitrogen and oxygen atoms in total. The third kappa shape index (κ3) is 3.04. The van der Waals surface area contributed by atoms with E-state index in [1.54, 1.807) is 25.3 Å². The molecule has 2 aliphatic rings. The van der Waals surface area contributed by atoms with E-state index in [-0.39, 0.29) is 11.6 Å². The van der Waals surface area contributed by atoms with E-state index in [9.17, 15) is 9.59 Å².